The predicted molar refractivity (Wildman–Crippen MR) is 160 cm³/mol. The molecule has 0 saturated carbocycles. The van der Waals surface area contributed by atoms with E-state index in [0.29, 0.717) is 51.9 Å². The average Bonchev–Trinajstić information content (AvgIpc) is 3.44. The molecule has 0 fully saturated rings. The van der Waals surface area contributed by atoms with Gasteiger partial charge in [-0.1, -0.05) is 72.8 Å². The molecule has 216 valence electrons. The highest BCUT2D eigenvalue weighted by Gasteiger charge is 2.73. The van der Waals surface area contributed by atoms with Gasteiger partial charge in [-0.2, -0.15) is 0 Å². The molecule has 1 aliphatic carbocycles. The summed E-state index contributed by atoms with van der Waals surface area (Å²) in [5.74, 6) is 1.58. The topological polar surface area (TPSA) is 103 Å². The van der Waals surface area contributed by atoms with Crippen molar-refractivity contribution in [3.05, 3.63) is 147 Å². The molecule has 3 unspecified atom stereocenters. The van der Waals surface area contributed by atoms with Crippen molar-refractivity contribution >= 4 is 0 Å². The van der Waals surface area contributed by atoms with Gasteiger partial charge >= 0.3 is 0 Å². The van der Waals surface area contributed by atoms with Gasteiger partial charge in [0.05, 0.1) is 44.1 Å². The summed E-state index contributed by atoms with van der Waals surface area (Å²) in [5, 5.41) is 13.4. The molecule has 43 heavy (non-hydrogen) atoms. The Hall–Kier alpha value is -5.08. The van der Waals surface area contributed by atoms with Crippen LogP contribution in [0, 0.1) is 0 Å². The largest absolute Gasteiger partial charge is 0.497 e. The SMILES string of the molecule is COc1ccc(C23Oc4cc(OC)cc(OC)c4C2(O)c2nc(Cc4ccccc4)[nH]c(=O)c2C3c2ccccc2)cc1. The Balaban J connectivity index is 1.59. The summed E-state index contributed by atoms with van der Waals surface area (Å²) in [5.41, 5.74) is -0.435. The normalized spacial score (nSPS) is 21.3. The van der Waals surface area contributed by atoms with Crippen molar-refractivity contribution < 1.29 is 24.1 Å². The van der Waals surface area contributed by atoms with Crippen LogP contribution in [-0.4, -0.2) is 36.4 Å². The molecule has 8 nitrogen and oxygen atoms in total. The molecular formula is C35H30N2O6. The standard InChI is InChI=1S/C35H30N2O6/c1-40-24-16-14-23(15-17-24)35-30(22-12-8-5-9-13-22)29-32(36-28(37-33(29)38)18-21-10-6-4-7-11-21)34(35,39)31-26(42-3)19-25(41-2)20-27(31)43-35/h4-17,19-20,30,39H,18H2,1-3H3,(H,36,37,38). The number of nitrogens with one attached hydrogen (secondary N) is 1. The smallest absolute Gasteiger partial charge is 0.255 e. The lowest BCUT2D eigenvalue weighted by molar-refractivity contribution is -0.0910. The number of aromatic nitrogens is 2. The van der Waals surface area contributed by atoms with Crippen molar-refractivity contribution in [2.45, 2.75) is 23.5 Å². The predicted octanol–water partition coefficient (Wildman–Crippen LogP) is 5.06. The fourth-order valence-corrected chi connectivity index (χ4v) is 6.75. The second-order valence-electron chi connectivity index (χ2n) is 10.8. The molecule has 0 spiro atoms. The maximum Gasteiger partial charge on any atom is 0.255 e. The van der Waals surface area contributed by atoms with Crippen LogP contribution in [0.15, 0.2) is 102 Å². The number of methoxy groups -OCH3 is 3. The second kappa shape index (κ2) is 10.0. The summed E-state index contributed by atoms with van der Waals surface area (Å²) >= 11 is 0. The number of benzene rings is 4. The van der Waals surface area contributed by atoms with Crippen molar-refractivity contribution in [3.8, 4) is 23.0 Å². The number of nitrogens with zero attached hydrogens (tertiary/aromatic N) is 1. The zero-order valence-corrected chi connectivity index (χ0v) is 24.0. The van der Waals surface area contributed by atoms with Crippen LogP contribution in [0.4, 0.5) is 0 Å². The fourth-order valence-electron chi connectivity index (χ4n) is 6.75. The first-order valence-corrected chi connectivity index (χ1v) is 14.0. The summed E-state index contributed by atoms with van der Waals surface area (Å²) in [6.07, 6.45) is 0.373. The number of hydrogen-bond donors (Lipinski definition) is 2. The van der Waals surface area contributed by atoms with Gasteiger partial charge in [0.15, 0.2) is 11.2 Å². The first-order chi connectivity index (χ1) is 20.9. The zero-order chi connectivity index (χ0) is 29.8. The Bertz CT molecular complexity index is 1870. The van der Waals surface area contributed by atoms with Crippen LogP contribution < -0.4 is 24.5 Å². The van der Waals surface area contributed by atoms with Crippen LogP contribution in [-0.2, 0) is 17.6 Å². The molecule has 0 bridgehead atoms. The van der Waals surface area contributed by atoms with Gasteiger partial charge in [-0.25, -0.2) is 4.98 Å². The Morgan fingerprint density at radius 3 is 2.19 bits per heavy atom. The van der Waals surface area contributed by atoms with Gasteiger partial charge in [-0.3, -0.25) is 4.79 Å². The van der Waals surface area contributed by atoms with E-state index in [0.717, 1.165) is 11.1 Å². The third kappa shape index (κ3) is 3.79. The summed E-state index contributed by atoms with van der Waals surface area (Å²) in [7, 11) is 4.69. The molecule has 0 radical (unpaired) electrons. The lowest BCUT2D eigenvalue weighted by atomic mass is 9.70. The van der Waals surface area contributed by atoms with E-state index in [1.54, 1.807) is 26.4 Å². The molecule has 2 aliphatic rings. The first-order valence-electron chi connectivity index (χ1n) is 14.0. The van der Waals surface area contributed by atoms with E-state index < -0.39 is 17.1 Å². The number of aromatic amines is 1. The van der Waals surface area contributed by atoms with Crippen molar-refractivity contribution in [2.75, 3.05) is 21.3 Å². The first kappa shape index (κ1) is 26.8. The molecule has 5 aromatic rings. The minimum absolute atomic E-state index is 0.231. The Kier molecular flexibility index (Phi) is 6.25. The van der Waals surface area contributed by atoms with Gasteiger partial charge in [0.2, 0.25) is 0 Å². The number of hydrogen-bond acceptors (Lipinski definition) is 7. The molecule has 7 rings (SSSR count). The van der Waals surface area contributed by atoms with Crippen LogP contribution in [0.25, 0.3) is 0 Å². The third-order valence-corrected chi connectivity index (χ3v) is 8.57. The summed E-state index contributed by atoms with van der Waals surface area (Å²) in [4.78, 5) is 22.2. The molecule has 0 saturated heterocycles. The van der Waals surface area contributed by atoms with E-state index >= 15 is 0 Å². The van der Waals surface area contributed by atoms with Gasteiger partial charge < -0.3 is 29.0 Å². The van der Waals surface area contributed by atoms with E-state index in [1.807, 2.05) is 84.9 Å². The summed E-state index contributed by atoms with van der Waals surface area (Å²) < 4.78 is 23.8. The zero-order valence-electron chi connectivity index (χ0n) is 24.0. The second-order valence-corrected chi connectivity index (χ2v) is 10.8. The van der Waals surface area contributed by atoms with Crippen LogP contribution in [0.1, 0.15) is 45.3 Å². The molecule has 0 amide bonds. The molecule has 1 aliphatic heterocycles. The van der Waals surface area contributed by atoms with Crippen LogP contribution in [0.3, 0.4) is 0 Å². The van der Waals surface area contributed by atoms with E-state index in [9.17, 15) is 9.90 Å². The van der Waals surface area contributed by atoms with Crippen LogP contribution in [0.5, 0.6) is 23.0 Å². The summed E-state index contributed by atoms with van der Waals surface area (Å²) in [6.45, 7) is 0. The monoisotopic (exact) mass is 574 g/mol. The Morgan fingerprint density at radius 1 is 0.860 bits per heavy atom. The fraction of sp³-hybridized carbons (Fsp3) is 0.200. The number of H-pyrrole nitrogens is 1. The van der Waals surface area contributed by atoms with Crippen molar-refractivity contribution in [1.82, 2.24) is 9.97 Å². The number of rotatable bonds is 7. The minimum atomic E-state index is -1.93. The van der Waals surface area contributed by atoms with Gasteiger partial charge in [-0.05, 0) is 23.3 Å². The minimum Gasteiger partial charge on any atom is -0.497 e. The van der Waals surface area contributed by atoms with E-state index in [2.05, 4.69) is 4.98 Å². The maximum atomic E-state index is 14.2. The highest BCUT2D eigenvalue weighted by Crippen LogP contribution is 2.69. The quantitative estimate of drug-likeness (QED) is 0.280. The van der Waals surface area contributed by atoms with Crippen molar-refractivity contribution in [2.24, 2.45) is 0 Å². The van der Waals surface area contributed by atoms with E-state index in [1.165, 1.54) is 7.11 Å². The third-order valence-electron chi connectivity index (χ3n) is 8.57. The van der Waals surface area contributed by atoms with Gasteiger partial charge in [-0.15, -0.1) is 0 Å². The lowest BCUT2D eigenvalue weighted by Gasteiger charge is -2.40. The lowest BCUT2D eigenvalue weighted by Crippen LogP contribution is -2.49. The van der Waals surface area contributed by atoms with Crippen LogP contribution >= 0.6 is 0 Å². The summed E-state index contributed by atoms with van der Waals surface area (Å²) in [6, 6.07) is 30.2. The van der Waals surface area contributed by atoms with Crippen molar-refractivity contribution in [3.63, 3.8) is 0 Å². The van der Waals surface area contributed by atoms with Gasteiger partial charge in [0.25, 0.3) is 5.56 Å². The van der Waals surface area contributed by atoms with E-state index in [-0.39, 0.29) is 11.3 Å². The average molecular weight is 575 g/mol. The number of ether oxygens (including phenoxy) is 4. The highest BCUT2D eigenvalue weighted by atomic mass is 16.5. The van der Waals surface area contributed by atoms with Crippen molar-refractivity contribution in [1.29, 1.82) is 0 Å². The molecule has 1 aromatic heterocycles. The molecule has 3 atom stereocenters. The molecule has 2 N–H and O–H groups in total. The Labute approximate surface area is 248 Å². The number of aliphatic hydroxyl groups is 1. The van der Waals surface area contributed by atoms with Gasteiger partial charge in [0, 0.05) is 24.1 Å². The van der Waals surface area contributed by atoms with E-state index in [4.69, 9.17) is 23.9 Å². The molecular weight excluding hydrogens is 544 g/mol. The van der Waals surface area contributed by atoms with Gasteiger partial charge in [0.1, 0.15) is 28.8 Å². The molecule has 4 aromatic carbocycles. The highest BCUT2D eigenvalue weighted by molar-refractivity contribution is 5.68. The van der Waals surface area contributed by atoms with Crippen LogP contribution in [0.2, 0.25) is 0 Å². The maximum absolute atomic E-state index is 14.2. The number of fused-ring (bicyclic) bond motifs is 5. The Morgan fingerprint density at radius 2 is 1.53 bits per heavy atom. The molecule has 8 heteroatoms. The molecule has 2 heterocycles.